The molecular formula is C6HN9. The van der Waals surface area contributed by atoms with E-state index in [1.807, 2.05) is 0 Å². The Balaban J connectivity index is 2.46. The topological polar surface area (TPSA) is 116 Å². The number of rotatable bonds is 0. The second-order valence-electron chi connectivity index (χ2n) is 2.99. The maximum Gasteiger partial charge on any atom is 0.147 e. The standard InChI is InChI=1S/C6HN9/c7-1-2(8-13-7)4-6(12-15-11-4)5-3(1)9-14-10-5/h(H,7,8,13). The van der Waals surface area contributed by atoms with Crippen molar-refractivity contribution in [2.24, 2.45) is 30.9 Å². The van der Waals surface area contributed by atoms with Crippen LogP contribution in [-0.4, -0.2) is 15.4 Å². The molecule has 2 aliphatic rings. The van der Waals surface area contributed by atoms with Gasteiger partial charge in [-0.1, -0.05) is 0 Å². The van der Waals surface area contributed by atoms with E-state index in [1.165, 1.54) is 0 Å². The number of hydrogen-bond acceptors (Lipinski definition) is 8. The van der Waals surface area contributed by atoms with E-state index in [2.05, 4.69) is 46.3 Å². The van der Waals surface area contributed by atoms with Crippen molar-refractivity contribution in [1.29, 1.82) is 0 Å². The van der Waals surface area contributed by atoms with Gasteiger partial charge in [0.2, 0.25) is 0 Å². The Morgan fingerprint density at radius 3 is 1.80 bits per heavy atom. The van der Waals surface area contributed by atoms with Crippen LogP contribution in [0.1, 0.15) is 0 Å². The largest absolute Gasteiger partial charge is 0.197 e. The van der Waals surface area contributed by atoms with Crippen LogP contribution in [0.2, 0.25) is 0 Å². The molecule has 0 radical (unpaired) electrons. The third kappa shape index (κ3) is 0.652. The molecule has 0 fully saturated rings. The molecule has 0 saturated heterocycles. The van der Waals surface area contributed by atoms with Gasteiger partial charge in [0.05, 0.1) is 0 Å². The summed E-state index contributed by atoms with van der Waals surface area (Å²) in [5.41, 5.74) is 2.28. The molecule has 9 nitrogen and oxygen atoms in total. The van der Waals surface area contributed by atoms with Gasteiger partial charge in [-0.2, -0.15) is 15.4 Å². The fourth-order valence-electron chi connectivity index (χ4n) is 1.61. The fourth-order valence-corrected chi connectivity index (χ4v) is 1.61. The number of aromatic nitrogens is 3. The zero-order valence-corrected chi connectivity index (χ0v) is 7.08. The first-order chi connectivity index (χ1) is 7.45. The normalized spacial score (nSPS) is 15.2. The van der Waals surface area contributed by atoms with E-state index < -0.39 is 0 Å². The minimum Gasteiger partial charge on any atom is -0.197 e. The van der Waals surface area contributed by atoms with Crippen molar-refractivity contribution in [1.82, 2.24) is 15.4 Å². The van der Waals surface area contributed by atoms with Gasteiger partial charge in [0, 0.05) is 0 Å². The Kier molecular flexibility index (Phi) is 0.944. The lowest BCUT2D eigenvalue weighted by atomic mass is 10.2. The maximum atomic E-state index is 3.97. The summed E-state index contributed by atoms with van der Waals surface area (Å²) in [5.74, 6) is 0. The quantitative estimate of drug-likeness (QED) is 0.653. The number of H-pyrrole nitrogens is 1. The summed E-state index contributed by atoms with van der Waals surface area (Å²) < 4.78 is 0. The molecule has 0 spiro atoms. The van der Waals surface area contributed by atoms with Crippen molar-refractivity contribution in [3.05, 3.63) is 10.7 Å². The van der Waals surface area contributed by atoms with Crippen LogP contribution in [-0.2, 0) is 0 Å². The summed E-state index contributed by atoms with van der Waals surface area (Å²) in [4.78, 5) is 0. The molecule has 2 aliphatic heterocycles. The van der Waals surface area contributed by atoms with Crippen LogP contribution >= 0.6 is 0 Å². The molecule has 9 heteroatoms. The Labute approximate surface area is 80.3 Å². The number of benzene rings is 1. The van der Waals surface area contributed by atoms with Crippen molar-refractivity contribution in [3.8, 4) is 0 Å². The molecule has 0 atom stereocenters. The lowest BCUT2D eigenvalue weighted by Gasteiger charge is -1.91. The number of fused-ring (bicyclic) bond motifs is 6. The molecule has 0 unspecified atom stereocenters. The maximum absolute atomic E-state index is 3.97. The predicted molar refractivity (Wildman–Crippen MR) is 45.2 cm³/mol. The number of nitrogens with one attached hydrogen (secondary N) is 1. The second-order valence-corrected chi connectivity index (χ2v) is 2.99. The first-order valence-electron chi connectivity index (χ1n) is 4.09. The van der Waals surface area contributed by atoms with Gasteiger partial charge < -0.3 is 0 Å². The number of aromatic amines is 1. The van der Waals surface area contributed by atoms with Gasteiger partial charge in [0.1, 0.15) is 33.1 Å². The Hall–Kier alpha value is -2.58. The van der Waals surface area contributed by atoms with Crippen LogP contribution in [0, 0.1) is 0 Å². The Bertz CT molecular complexity index is 700. The molecule has 0 saturated carbocycles. The number of nitrogens with zero attached hydrogens (tertiary/aromatic N) is 8. The molecule has 4 rings (SSSR count). The van der Waals surface area contributed by atoms with Crippen molar-refractivity contribution in [2.45, 2.75) is 0 Å². The highest BCUT2D eigenvalue weighted by molar-refractivity contribution is 5.83. The molecule has 15 heavy (non-hydrogen) atoms. The summed E-state index contributed by atoms with van der Waals surface area (Å²) >= 11 is 0. The fraction of sp³-hybridized carbons (Fsp3) is 0. The van der Waals surface area contributed by atoms with Crippen LogP contribution in [0.4, 0.5) is 11.4 Å². The molecule has 0 amide bonds. The lowest BCUT2D eigenvalue weighted by Crippen LogP contribution is -2.10. The van der Waals surface area contributed by atoms with Crippen molar-refractivity contribution < 1.29 is 0 Å². The summed E-state index contributed by atoms with van der Waals surface area (Å²) in [5, 5.41) is 34.2. The van der Waals surface area contributed by atoms with Crippen LogP contribution in [0.5, 0.6) is 0 Å². The smallest absolute Gasteiger partial charge is 0.147 e. The first-order valence-corrected chi connectivity index (χ1v) is 4.09. The molecule has 3 heterocycles. The van der Waals surface area contributed by atoms with Gasteiger partial charge in [0.15, 0.2) is 0 Å². The Morgan fingerprint density at radius 2 is 1.27 bits per heavy atom. The van der Waals surface area contributed by atoms with Crippen molar-refractivity contribution >= 4 is 22.4 Å². The highest BCUT2D eigenvalue weighted by atomic mass is 15.4. The molecule has 1 aromatic carbocycles. The zero-order chi connectivity index (χ0) is 9.83. The van der Waals surface area contributed by atoms with Crippen molar-refractivity contribution in [3.63, 3.8) is 0 Å². The van der Waals surface area contributed by atoms with Crippen molar-refractivity contribution in [2.75, 3.05) is 0 Å². The first kappa shape index (κ1) is 6.81. The third-order valence-corrected chi connectivity index (χ3v) is 2.25. The zero-order valence-electron chi connectivity index (χ0n) is 7.08. The highest BCUT2D eigenvalue weighted by Crippen LogP contribution is 2.27. The summed E-state index contributed by atoms with van der Waals surface area (Å²) in [7, 11) is 0. The van der Waals surface area contributed by atoms with Gasteiger partial charge in [-0.25, -0.2) is 0 Å². The van der Waals surface area contributed by atoms with E-state index in [4.69, 9.17) is 0 Å². The van der Waals surface area contributed by atoms with E-state index in [-0.39, 0.29) is 0 Å². The van der Waals surface area contributed by atoms with Gasteiger partial charge in [-0.15, -0.1) is 20.4 Å². The molecule has 70 valence electrons. The van der Waals surface area contributed by atoms with Gasteiger partial charge in [-0.3, -0.25) is 0 Å². The summed E-state index contributed by atoms with van der Waals surface area (Å²) in [6, 6.07) is 0. The average molecular weight is 199 g/mol. The summed E-state index contributed by atoms with van der Waals surface area (Å²) in [6.45, 7) is 0. The second kappa shape index (κ2) is 2.08. The van der Waals surface area contributed by atoms with Gasteiger partial charge in [-0.05, 0) is 10.4 Å². The molecule has 1 aromatic heterocycles. The minimum atomic E-state index is 0.552. The van der Waals surface area contributed by atoms with E-state index in [0.29, 0.717) is 33.1 Å². The van der Waals surface area contributed by atoms with Gasteiger partial charge in [0.25, 0.3) is 0 Å². The minimum absolute atomic E-state index is 0.552. The SMILES string of the molecule is N1=Nc2c3c(c4n[nH]nc4c2=N1)=NN=N3. The lowest BCUT2D eigenvalue weighted by molar-refractivity contribution is 0.954. The Morgan fingerprint density at radius 1 is 0.733 bits per heavy atom. The van der Waals surface area contributed by atoms with E-state index in [1.54, 1.807) is 0 Å². The van der Waals surface area contributed by atoms with Crippen LogP contribution in [0.15, 0.2) is 30.9 Å². The third-order valence-electron chi connectivity index (χ3n) is 2.25. The van der Waals surface area contributed by atoms with E-state index in [0.717, 1.165) is 0 Å². The summed E-state index contributed by atoms with van der Waals surface area (Å²) in [6.07, 6.45) is 0. The molecule has 2 aromatic rings. The molecule has 0 bridgehead atoms. The highest BCUT2D eigenvalue weighted by Gasteiger charge is 2.21. The molecule has 1 N–H and O–H groups in total. The predicted octanol–water partition coefficient (Wildman–Crippen LogP) is 0.222. The van der Waals surface area contributed by atoms with Gasteiger partial charge >= 0.3 is 0 Å². The van der Waals surface area contributed by atoms with E-state index >= 15 is 0 Å². The van der Waals surface area contributed by atoms with Crippen LogP contribution in [0.25, 0.3) is 11.0 Å². The monoisotopic (exact) mass is 199 g/mol. The van der Waals surface area contributed by atoms with Crippen LogP contribution < -0.4 is 10.7 Å². The number of hydrogen-bond donors (Lipinski definition) is 1. The average Bonchev–Trinajstić information content (AvgIpc) is 2.97. The van der Waals surface area contributed by atoms with E-state index in [9.17, 15) is 0 Å². The molecule has 0 aliphatic carbocycles. The van der Waals surface area contributed by atoms with Crippen LogP contribution in [0.3, 0.4) is 0 Å². The molecular weight excluding hydrogens is 198 g/mol.